The van der Waals surface area contributed by atoms with Crippen LogP contribution in [0.2, 0.25) is 5.02 Å². The highest BCUT2D eigenvalue weighted by atomic mass is 35.5. The zero-order chi connectivity index (χ0) is 18.8. The second-order valence-corrected chi connectivity index (χ2v) is 6.57. The first kappa shape index (κ1) is 17.3. The Morgan fingerprint density at radius 1 is 1.11 bits per heavy atom. The molecule has 0 bridgehead atoms. The van der Waals surface area contributed by atoms with Crippen molar-refractivity contribution >= 4 is 11.6 Å². The van der Waals surface area contributed by atoms with Gasteiger partial charge < -0.3 is 9.26 Å². The van der Waals surface area contributed by atoms with Crippen LogP contribution in [0, 0.1) is 6.92 Å². The zero-order valence-electron chi connectivity index (χ0n) is 14.9. The average molecular weight is 381 g/mol. The normalized spacial score (nSPS) is 10.9. The maximum atomic E-state index is 5.96. The van der Waals surface area contributed by atoms with E-state index in [1.807, 2.05) is 61.1 Å². The topological polar surface area (TPSA) is 66.0 Å². The zero-order valence-corrected chi connectivity index (χ0v) is 15.6. The van der Waals surface area contributed by atoms with Crippen LogP contribution in [0.15, 0.2) is 59.3 Å². The summed E-state index contributed by atoms with van der Waals surface area (Å²) in [4.78, 5) is 4.44. The van der Waals surface area contributed by atoms with Crippen molar-refractivity contribution in [1.82, 2.24) is 19.9 Å². The fourth-order valence-electron chi connectivity index (χ4n) is 2.82. The quantitative estimate of drug-likeness (QED) is 0.503. The van der Waals surface area contributed by atoms with Crippen LogP contribution in [0.5, 0.6) is 5.75 Å². The van der Waals surface area contributed by atoms with Crippen molar-refractivity contribution in [2.45, 2.75) is 13.5 Å². The maximum Gasteiger partial charge on any atom is 0.264 e. The van der Waals surface area contributed by atoms with Gasteiger partial charge >= 0.3 is 0 Å². The molecule has 0 aliphatic carbocycles. The van der Waals surface area contributed by atoms with E-state index in [9.17, 15) is 0 Å². The molecule has 0 fully saturated rings. The molecule has 6 nitrogen and oxygen atoms in total. The van der Waals surface area contributed by atoms with Gasteiger partial charge in [0.2, 0.25) is 5.82 Å². The van der Waals surface area contributed by atoms with Crippen LogP contribution < -0.4 is 4.74 Å². The number of halogens is 1. The lowest BCUT2D eigenvalue weighted by Crippen LogP contribution is -1.97. The Balaban J connectivity index is 1.52. The number of hydrogen-bond acceptors (Lipinski definition) is 5. The molecule has 0 aliphatic rings. The van der Waals surface area contributed by atoms with Gasteiger partial charge in [-0.2, -0.15) is 10.1 Å². The van der Waals surface area contributed by atoms with Crippen molar-refractivity contribution in [2.75, 3.05) is 0 Å². The molecule has 0 unspecified atom stereocenters. The van der Waals surface area contributed by atoms with E-state index in [1.54, 1.807) is 12.3 Å². The van der Waals surface area contributed by atoms with Crippen molar-refractivity contribution < 1.29 is 9.26 Å². The van der Waals surface area contributed by atoms with E-state index in [1.165, 1.54) is 0 Å². The van der Waals surface area contributed by atoms with Crippen molar-refractivity contribution in [3.8, 4) is 28.4 Å². The summed E-state index contributed by atoms with van der Waals surface area (Å²) in [6.07, 6.45) is 1.77. The molecule has 2 heterocycles. The van der Waals surface area contributed by atoms with Gasteiger partial charge in [0.25, 0.3) is 5.89 Å². The summed E-state index contributed by atoms with van der Waals surface area (Å²) in [5.74, 6) is 1.66. The van der Waals surface area contributed by atoms with Crippen LogP contribution in [0.1, 0.15) is 11.5 Å². The number of rotatable bonds is 5. The van der Waals surface area contributed by atoms with Crippen LogP contribution in [0.25, 0.3) is 22.6 Å². The first-order valence-electron chi connectivity index (χ1n) is 8.40. The predicted octanol–water partition coefficient (Wildman–Crippen LogP) is 4.68. The molecule has 7 heteroatoms. The number of ether oxygens (including phenoxy) is 1. The van der Waals surface area contributed by atoms with Gasteiger partial charge in [-0.15, -0.1) is 0 Å². The standard InChI is InChI=1S/C20H17ClN4O2/c1-13-10-16(21)6-7-18(13)26-12-19-23-20(24-27-19)15-5-3-4-14(11-15)17-8-9-22-25(17)2/h3-11H,12H2,1-2H3. The molecule has 27 heavy (non-hydrogen) atoms. The molecule has 2 aromatic heterocycles. The van der Waals surface area contributed by atoms with Crippen LogP contribution in [-0.2, 0) is 13.7 Å². The summed E-state index contributed by atoms with van der Waals surface area (Å²) in [6, 6.07) is 15.4. The molecule has 2 aromatic carbocycles. The smallest absolute Gasteiger partial charge is 0.264 e. The molecule has 4 aromatic rings. The highest BCUT2D eigenvalue weighted by molar-refractivity contribution is 6.30. The molecule has 0 spiro atoms. The van der Waals surface area contributed by atoms with Gasteiger partial charge in [-0.1, -0.05) is 35.0 Å². The Hall–Kier alpha value is -3.12. The molecule has 0 saturated heterocycles. The molecular formula is C20H17ClN4O2. The molecule has 0 N–H and O–H groups in total. The molecule has 0 radical (unpaired) electrons. The third kappa shape index (κ3) is 3.71. The largest absolute Gasteiger partial charge is 0.483 e. The first-order valence-corrected chi connectivity index (χ1v) is 8.78. The monoisotopic (exact) mass is 380 g/mol. The van der Waals surface area contributed by atoms with E-state index in [-0.39, 0.29) is 6.61 Å². The van der Waals surface area contributed by atoms with E-state index < -0.39 is 0 Å². The maximum absolute atomic E-state index is 5.96. The third-order valence-corrected chi connectivity index (χ3v) is 4.43. The second kappa shape index (κ2) is 7.25. The van der Waals surface area contributed by atoms with Gasteiger partial charge in [0.05, 0.1) is 5.69 Å². The Morgan fingerprint density at radius 2 is 1.96 bits per heavy atom. The first-order chi connectivity index (χ1) is 13.1. The molecular weight excluding hydrogens is 364 g/mol. The van der Waals surface area contributed by atoms with Gasteiger partial charge in [-0.3, -0.25) is 4.68 Å². The summed E-state index contributed by atoms with van der Waals surface area (Å²) >= 11 is 5.96. The Bertz CT molecular complexity index is 1090. The van der Waals surface area contributed by atoms with Crippen LogP contribution >= 0.6 is 11.6 Å². The van der Waals surface area contributed by atoms with E-state index in [4.69, 9.17) is 20.9 Å². The predicted molar refractivity (Wildman–Crippen MR) is 102 cm³/mol. The third-order valence-electron chi connectivity index (χ3n) is 4.19. The van der Waals surface area contributed by atoms with Crippen LogP contribution in [0.3, 0.4) is 0 Å². The summed E-state index contributed by atoms with van der Waals surface area (Å²) in [7, 11) is 1.91. The number of benzene rings is 2. The molecule has 4 rings (SSSR count). The van der Waals surface area contributed by atoms with Gasteiger partial charge in [0.1, 0.15) is 5.75 Å². The summed E-state index contributed by atoms with van der Waals surface area (Å²) in [5.41, 5.74) is 3.87. The summed E-state index contributed by atoms with van der Waals surface area (Å²) in [5, 5.41) is 8.95. The Labute approximate surface area is 161 Å². The number of aromatic nitrogens is 4. The van der Waals surface area contributed by atoms with E-state index >= 15 is 0 Å². The second-order valence-electron chi connectivity index (χ2n) is 6.13. The van der Waals surface area contributed by atoms with E-state index in [0.29, 0.717) is 16.7 Å². The molecule has 0 saturated carbocycles. The van der Waals surface area contributed by atoms with Gasteiger partial charge in [0.15, 0.2) is 6.61 Å². The van der Waals surface area contributed by atoms with Gasteiger partial charge in [-0.25, -0.2) is 0 Å². The fraction of sp³-hybridized carbons (Fsp3) is 0.150. The number of aryl methyl sites for hydroxylation is 2. The van der Waals surface area contributed by atoms with E-state index in [0.717, 1.165) is 28.1 Å². The lowest BCUT2D eigenvalue weighted by atomic mass is 10.1. The average Bonchev–Trinajstić information content (AvgIpc) is 3.30. The Kier molecular flexibility index (Phi) is 4.64. The van der Waals surface area contributed by atoms with Crippen molar-refractivity contribution in [1.29, 1.82) is 0 Å². The molecule has 0 aliphatic heterocycles. The number of hydrogen-bond donors (Lipinski definition) is 0. The minimum atomic E-state index is 0.191. The van der Waals surface area contributed by atoms with E-state index in [2.05, 4.69) is 15.2 Å². The molecule has 0 amide bonds. The van der Waals surface area contributed by atoms with Gasteiger partial charge in [-0.05, 0) is 42.8 Å². The van der Waals surface area contributed by atoms with Crippen molar-refractivity contribution in [3.63, 3.8) is 0 Å². The molecule has 0 atom stereocenters. The van der Waals surface area contributed by atoms with Gasteiger partial charge in [0, 0.05) is 29.4 Å². The van der Waals surface area contributed by atoms with Crippen LogP contribution in [-0.4, -0.2) is 19.9 Å². The summed E-state index contributed by atoms with van der Waals surface area (Å²) < 4.78 is 12.9. The van der Waals surface area contributed by atoms with Crippen molar-refractivity contribution in [3.05, 3.63) is 71.2 Å². The lowest BCUT2D eigenvalue weighted by Gasteiger charge is -2.06. The minimum Gasteiger partial charge on any atom is -0.483 e. The highest BCUT2D eigenvalue weighted by Crippen LogP contribution is 2.25. The molecule has 136 valence electrons. The Morgan fingerprint density at radius 3 is 2.74 bits per heavy atom. The van der Waals surface area contributed by atoms with Crippen LogP contribution in [0.4, 0.5) is 0 Å². The number of nitrogens with zero attached hydrogens (tertiary/aromatic N) is 4. The highest BCUT2D eigenvalue weighted by Gasteiger charge is 2.12. The fourth-order valence-corrected chi connectivity index (χ4v) is 3.05. The van der Waals surface area contributed by atoms with Crippen molar-refractivity contribution in [2.24, 2.45) is 7.05 Å². The SMILES string of the molecule is Cc1cc(Cl)ccc1OCc1nc(-c2cccc(-c3ccnn3C)c2)no1. The summed E-state index contributed by atoms with van der Waals surface area (Å²) in [6.45, 7) is 2.13. The minimum absolute atomic E-state index is 0.191. The lowest BCUT2D eigenvalue weighted by molar-refractivity contribution is 0.242.